The second kappa shape index (κ2) is 7.87. The van der Waals surface area contributed by atoms with Crippen molar-refractivity contribution >= 4 is 11.8 Å². The summed E-state index contributed by atoms with van der Waals surface area (Å²) in [5.74, 6) is 6.25. The molecule has 0 saturated carbocycles. The fourth-order valence-corrected chi connectivity index (χ4v) is 2.89. The van der Waals surface area contributed by atoms with Crippen LogP contribution < -0.4 is 0 Å². The molecule has 0 atom stereocenters. The number of rotatable bonds is 4. The van der Waals surface area contributed by atoms with Crippen LogP contribution in [0.3, 0.4) is 0 Å². The van der Waals surface area contributed by atoms with Gasteiger partial charge in [0.05, 0.1) is 6.61 Å². The Kier molecular flexibility index (Phi) is 5.86. The van der Waals surface area contributed by atoms with Crippen molar-refractivity contribution < 1.29 is 9.50 Å². The lowest BCUT2D eigenvalue weighted by Crippen LogP contribution is -1.90. The van der Waals surface area contributed by atoms with Gasteiger partial charge >= 0.3 is 0 Å². The Morgan fingerprint density at radius 3 is 2.81 bits per heavy atom. The minimum atomic E-state index is -0.285. The molecule has 0 saturated heterocycles. The van der Waals surface area contributed by atoms with Crippen molar-refractivity contribution in [2.24, 2.45) is 0 Å². The summed E-state index contributed by atoms with van der Waals surface area (Å²) >= 11 is 1.71. The van der Waals surface area contributed by atoms with Gasteiger partial charge in [-0.15, -0.1) is 11.8 Å². The van der Waals surface area contributed by atoms with Crippen LogP contribution in [0.15, 0.2) is 47.4 Å². The Morgan fingerprint density at radius 1 is 1.19 bits per heavy atom. The summed E-state index contributed by atoms with van der Waals surface area (Å²) in [6, 6.07) is 13.0. The topological polar surface area (TPSA) is 20.2 Å². The Hall–Kier alpha value is -1.76. The van der Waals surface area contributed by atoms with E-state index in [9.17, 15) is 4.39 Å². The molecule has 2 rings (SSSR count). The van der Waals surface area contributed by atoms with E-state index in [4.69, 9.17) is 5.11 Å². The predicted molar refractivity (Wildman–Crippen MR) is 85.7 cm³/mol. The first-order valence-corrected chi connectivity index (χ1v) is 7.75. The molecule has 0 aliphatic rings. The van der Waals surface area contributed by atoms with Crippen LogP contribution in [-0.4, -0.2) is 11.7 Å². The fraction of sp³-hybridized carbons (Fsp3) is 0.222. The minimum absolute atomic E-state index is 0.0235. The first-order chi connectivity index (χ1) is 10.2. The van der Waals surface area contributed by atoms with Crippen molar-refractivity contribution in [2.75, 3.05) is 6.61 Å². The van der Waals surface area contributed by atoms with Gasteiger partial charge in [-0.2, -0.15) is 0 Å². The first-order valence-electron chi connectivity index (χ1n) is 6.76. The van der Waals surface area contributed by atoms with Crippen molar-refractivity contribution in [2.45, 2.75) is 24.0 Å². The molecule has 0 bridgehead atoms. The molecule has 0 amide bonds. The Morgan fingerprint density at radius 2 is 2.05 bits per heavy atom. The molecular weight excluding hydrogens is 283 g/mol. The van der Waals surface area contributed by atoms with E-state index in [1.807, 2.05) is 6.07 Å². The molecule has 1 nitrogen and oxygen atoms in total. The molecule has 1 N–H and O–H groups in total. The molecule has 108 valence electrons. The third-order valence-electron chi connectivity index (χ3n) is 2.92. The molecule has 0 fully saturated rings. The van der Waals surface area contributed by atoms with Crippen LogP contribution in [0.4, 0.5) is 4.39 Å². The second-order valence-corrected chi connectivity index (χ2v) is 5.73. The molecule has 0 radical (unpaired) electrons. The predicted octanol–water partition coefficient (Wildman–Crippen LogP) is 4.16. The third kappa shape index (κ3) is 4.93. The summed E-state index contributed by atoms with van der Waals surface area (Å²) in [5.41, 5.74) is 2.93. The van der Waals surface area contributed by atoms with E-state index in [0.29, 0.717) is 12.0 Å². The fourth-order valence-electron chi connectivity index (χ4n) is 1.87. The highest BCUT2D eigenvalue weighted by Gasteiger charge is 2.03. The van der Waals surface area contributed by atoms with Crippen LogP contribution >= 0.6 is 11.8 Å². The van der Waals surface area contributed by atoms with E-state index in [0.717, 1.165) is 11.3 Å². The van der Waals surface area contributed by atoms with E-state index in [2.05, 4.69) is 37.0 Å². The van der Waals surface area contributed by atoms with Crippen molar-refractivity contribution in [3.8, 4) is 11.8 Å². The van der Waals surface area contributed by atoms with Gasteiger partial charge in [0, 0.05) is 22.6 Å². The number of benzene rings is 2. The van der Waals surface area contributed by atoms with Crippen molar-refractivity contribution in [1.82, 2.24) is 0 Å². The maximum Gasteiger partial charge on any atom is 0.124 e. The van der Waals surface area contributed by atoms with Gasteiger partial charge in [0.15, 0.2) is 0 Å². The van der Waals surface area contributed by atoms with E-state index < -0.39 is 0 Å². The van der Waals surface area contributed by atoms with Gasteiger partial charge in [0.25, 0.3) is 0 Å². The quantitative estimate of drug-likeness (QED) is 0.676. The van der Waals surface area contributed by atoms with E-state index >= 15 is 0 Å². The average Bonchev–Trinajstić information content (AvgIpc) is 2.47. The standard InChI is InChI=1S/C18H17FOS/c1-14-5-4-7-18(11-14)21-13-16-8-9-17(19)12-15(16)6-2-3-10-20/h4-5,7-9,11-12,20H,3,10,13H2,1H3. The second-order valence-electron chi connectivity index (χ2n) is 4.68. The number of halogens is 1. The molecule has 2 aromatic carbocycles. The number of aryl methyl sites for hydroxylation is 1. The van der Waals surface area contributed by atoms with Crippen LogP contribution in [0.2, 0.25) is 0 Å². The van der Waals surface area contributed by atoms with Crippen LogP contribution in [0.1, 0.15) is 23.1 Å². The smallest absolute Gasteiger partial charge is 0.124 e. The highest BCUT2D eigenvalue weighted by atomic mass is 32.2. The summed E-state index contributed by atoms with van der Waals surface area (Å²) < 4.78 is 13.3. The molecule has 2 aromatic rings. The van der Waals surface area contributed by atoms with Gasteiger partial charge in [-0.1, -0.05) is 35.6 Å². The number of thioether (sulfide) groups is 1. The molecule has 0 aliphatic heterocycles. The van der Waals surface area contributed by atoms with E-state index in [1.165, 1.54) is 22.6 Å². The maximum absolute atomic E-state index is 13.3. The van der Waals surface area contributed by atoms with Crippen LogP contribution in [-0.2, 0) is 5.75 Å². The monoisotopic (exact) mass is 300 g/mol. The summed E-state index contributed by atoms with van der Waals surface area (Å²) in [4.78, 5) is 1.19. The summed E-state index contributed by atoms with van der Waals surface area (Å²) in [7, 11) is 0. The van der Waals surface area contributed by atoms with Gasteiger partial charge in [-0.3, -0.25) is 0 Å². The number of aliphatic hydroxyl groups excluding tert-OH is 1. The molecule has 0 spiro atoms. The largest absolute Gasteiger partial charge is 0.395 e. The zero-order valence-electron chi connectivity index (χ0n) is 11.9. The molecule has 0 unspecified atom stereocenters. The average molecular weight is 300 g/mol. The van der Waals surface area contributed by atoms with Crippen molar-refractivity contribution in [3.05, 3.63) is 65.0 Å². The normalized spacial score (nSPS) is 10.0. The van der Waals surface area contributed by atoms with Crippen molar-refractivity contribution in [3.63, 3.8) is 0 Å². The minimum Gasteiger partial charge on any atom is -0.395 e. The lowest BCUT2D eigenvalue weighted by Gasteiger charge is -2.06. The van der Waals surface area contributed by atoms with E-state index in [-0.39, 0.29) is 12.4 Å². The SMILES string of the molecule is Cc1cccc(SCc2ccc(F)cc2C#CCCO)c1. The zero-order chi connectivity index (χ0) is 15.1. The molecule has 0 aliphatic carbocycles. The van der Waals surface area contributed by atoms with Gasteiger partial charge in [0.1, 0.15) is 5.82 Å². The lowest BCUT2D eigenvalue weighted by molar-refractivity contribution is 0.305. The number of hydrogen-bond donors (Lipinski definition) is 1. The number of aliphatic hydroxyl groups is 1. The first kappa shape index (κ1) is 15.6. The highest BCUT2D eigenvalue weighted by molar-refractivity contribution is 7.98. The molecule has 21 heavy (non-hydrogen) atoms. The summed E-state index contributed by atoms with van der Waals surface area (Å²) in [6.07, 6.45) is 0.404. The molecule has 0 aromatic heterocycles. The highest BCUT2D eigenvalue weighted by Crippen LogP contribution is 2.25. The Balaban J connectivity index is 2.14. The van der Waals surface area contributed by atoms with Gasteiger partial charge < -0.3 is 5.11 Å². The van der Waals surface area contributed by atoms with Crippen LogP contribution in [0.25, 0.3) is 0 Å². The Bertz CT molecular complexity index is 670. The zero-order valence-corrected chi connectivity index (χ0v) is 12.7. The van der Waals surface area contributed by atoms with Gasteiger partial charge in [-0.25, -0.2) is 4.39 Å². The van der Waals surface area contributed by atoms with E-state index in [1.54, 1.807) is 17.8 Å². The van der Waals surface area contributed by atoms with Crippen LogP contribution in [0.5, 0.6) is 0 Å². The molecular formula is C18H17FOS. The van der Waals surface area contributed by atoms with Crippen molar-refractivity contribution in [1.29, 1.82) is 0 Å². The van der Waals surface area contributed by atoms with Crippen LogP contribution in [0, 0.1) is 24.6 Å². The summed E-state index contributed by atoms with van der Waals surface area (Å²) in [6.45, 7) is 2.09. The van der Waals surface area contributed by atoms with Gasteiger partial charge in [-0.05, 0) is 36.8 Å². The Labute approximate surface area is 129 Å². The molecule has 0 heterocycles. The summed E-state index contributed by atoms with van der Waals surface area (Å²) in [5, 5.41) is 8.77. The van der Waals surface area contributed by atoms with Gasteiger partial charge in [0.2, 0.25) is 0 Å². The number of hydrogen-bond acceptors (Lipinski definition) is 2. The maximum atomic E-state index is 13.3. The third-order valence-corrected chi connectivity index (χ3v) is 3.96. The molecule has 3 heteroatoms. The lowest BCUT2D eigenvalue weighted by atomic mass is 10.1.